The summed E-state index contributed by atoms with van der Waals surface area (Å²) in [6.45, 7) is 3.73. The van der Waals surface area contributed by atoms with Crippen LogP contribution in [0.3, 0.4) is 0 Å². The van der Waals surface area contributed by atoms with Crippen LogP contribution in [0, 0.1) is 6.92 Å². The van der Waals surface area contributed by atoms with Crippen LogP contribution in [-0.4, -0.2) is 36.0 Å². The minimum atomic E-state index is 0.157. The highest BCUT2D eigenvalue weighted by Gasteiger charge is 2.31. The van der Waals surface area contributed by atoms with Gasteiger partial charge in [-0.05, 0) is 53.7 Å². The molecular formula is C15H19BrN2O. The molecule has 0 radical (unpaired) electrons. The summed E-state index contributed by atoms with van der Waals surface area (Å²) in [5, 5.41) is 3.61. The molecular weight excluding hydrogens is 304 g/mol. The lowest BCUT2D eigenvalue weighted by atomic mass is 10.1. The molecule has 0 aliphatic carbocycles. The summed E-state index contributed by atoms with van der Waals surface area (Å²) in [5.41, 5.74) is 1.90. The zero-order valence-electron chi connectivity index (χ0n) is 11.2. The van der Waals surface area contributed by atoms with Gasteiger partial charge in [0.25, 0.3) is 5.91 Å². The number of aryl methyl sites for hydroxylation is 1. The minimum absolute atomic E-state index is 0.157. The highest BCUT2D eigenvalue weighted by atomic mass is 79.9. The van der Waals surface area contributed by atoms with Crippen LogP contribution in [0.4, 0.5) is 0 Å². The smallest absolute Gasteiger partial charge is 0.255 e. The SMILES string of the molecule is Cc1cccc(C(=O)N2CCC3CCC(C2)N3)c1Br. The van der Waals surface area contributed by atoms with Gasteiger partial charge in [0, 0.05) is 29.6 Å². The standard InChI is InChI=1S/C15H19BrN2O/c1-10-3-2-4-13(14(10)16)15(19)18-8-7-11-5-6-12(9-18)17-11/h2-4,11-12,17H,5-9H2,1H3. The van der Waals surface area contributed by atoms with Crippen LogP contribution in [0.25, 0.3) is 0 Å². The largest absolute Gasteiger partial charge is 0.337 e. The summed E-state index contributed by atoms with van der Waals surface area (Å²) in [4.78, 5) is 14.7. The van der Waals surface area contributed by atoms with Crippen molar-refractivity contribution in [2.24, 2.45) is 0 Å². The van der Waals surface area contributed by atoms with Gasteiger partial charge < -0.3 is 10.2 Å². The topological polar surface area (TPSA) is 32.3 Å². The first-order chi connectivity index (χ1) is 9.15. The number of nitrogens with zero attached hydrogens (tertiary/aromatic N) is 1. The Morgan fingerprint density at radius 2 is 2.11 bits per heavy atom. The van der Waals surface area contributed by atoms with Gasteiger partial charge in [0.2, 0.25) is 0 Å². The van der Waals surface area contributed by atoms with Crippen molar-refractivity contribution in [1.29, 1.82) is 0 Å². The third-order valence-electron chi connectivity index (χ3n) is 4.23. The maximum absolute atomic E-state index is 12.7. The third kappa shape index (κ3) is 2.56. The van der Waals surface area contributed by atoms with Crippen molar-refractivity contribution >= 4 is 21.8 Å². The first-order valence-electron chi connectivity index (χ1n) is 6.95. The van der Waals surface area contributed by atoms with Crippen molar-refractivity contribution in [3.63, 3.8) is 0 Å². The number of fused-ring (bicyclic) bond motifs is 2. The lowest BCUT2D eigenvalue weighted by molar-refractivity contribution is 0.0747. The van der Waals surface area contributed by atoms with E-state index in [1.165, 1.54) is 12.8 Å². The fourth-order valence-electron chi connectivity index (χ4n) is 3.11. The van der Waals surface area contributed by atoms with Gasteiger partial charge in [0.05, 0.1) is 5.56 Å². The average molecular weight is 323 g/mol. The quantitative estimate of drug-likeness (QED) is 0.862. The lowest BCUT2D eigenvalue weighted by Gasteiger charge is -2.25. The number of nitrogens with one attached hydrogen (secondary N) is 1. The molecule has 2 bridgehead atoms. The lowest BCUT2D eigenvalue weighted by Crippen LogP contribution is -2.39. The number of halogens is 1. The maximum Gasteiger partial charge on any atom is 0.255 e. The van der Waals surface area contributed by atoms with E-state index < -0.39 is 0 Å². The van der Waals surface area contributed by atoms with E-state index >= 15 is 0 Å². The molecule has 2 atom stereocenters. The van der Waals surface area contributed by atoms with Gasteiger partial charge in [0.15, 0.2) is 0 Å². The summed E-state index contributed by atoms with van der Waals surface area (Å²) >= 11 is 3.54. The average Bonchev–Trinajstić information content (AvgIpc) is 2.72. The van der Waals surface area contributed by atoms with E-state index in [2.05, 4.69) is 21.2 Å². The Hall–Kier alpha value is -0.870. The van der Waals surface area contributed by atoms with Crippen molar-refractivity contribution in [2.75, 3.05) is 13.1 Å². The highest BCUT2D eigenvalue weighted by molar-refractivity contribution is 9.10. The first kappa shape index (κ1) is 13.1. The molecule has 102 valence electrons. The van der Waals surface area contributed by atoms with Gasteiger partial charge in [-0.25, -0.2) is 0 Å². The molecule has 2 unspecified atom stereocenters. The predicted octanol–water partition coefficient (Wildman–Crippen LogP) is 2.72. The molecule has 4 heteroatoms. The number of hydrogen-bond donors (Lipinski definition) is 1. The van der Waals surface area contributed by atoms with Crippen molar-refractivity contribution < 1.29 is 4.79 Å². The van der Waals surface area contributed by atoms with Gasteiger partial charge in [-0.1, -0.05) is 12.1 Å². The Balaban J connectivity index is 1.81. The summed E-state index contributed by atoms with van der Waals surface area (Å²) < 4.78 is 0.933. The number of benzene rings is 1. The van der Waals surface area contributed by atoms with Crippen molar-refractivity contribution in [2.45, 2.75) is 38.3 Å². The summed E-state index contributed by atoms with van der Waals surface area (Å²) in [6, 6.07) is 6.99. The molecule has 2 aliphatic heterocycles. The van der Waals surface area contributed by atoms with E-state index in [4.69, 9.17) is 0 Å². The Labute approximate surface area is 122 Å². The van der Waals surface area contributed by atoms with Gasteiger partial charge in [-0.15, -0.1) is 0 Å². The molecule has 1 amide bonds. The van der Waals surface area contributed by atoms with Gasteiger partial charge in [0.1, 0.15) is 0 Å². The molecule has 1 aromatic rings. The maximum atomic E-state index is 12.7. The van der Waals surface area contributed by atoms with E-state index in [1.807, 2.05) is 30.0 Å². The van der Waals surface area contributed by atoms with E-state index in [0.29, 0.717) is 12.1 Å². The van der Waals surface area contributed by atoms with Crippen LogP contribution in [0.2, 0.25) is 0 Å². The summed E-state index contributed by atoms with van der Waals surface area (Å²) in [7, 11) is 0. The predicted molar refractivity (Wildman–Crippen MR) is 79.3 cm³/mol. The number of amides is 1. The summed E-state index contributed by atoms with van der Waals surface area (Å²) in [5.74, 6) is 0.157. The number of likely N-dealkylation sites (tertiary alicyclic amines) is 1. The van der Waals surface area contributed by atoms with Crippen molar-refractivity contribution in [3.05, 3.63) is 33.8 Å². The van der Waals surface area contributed by atoms with Gasteiger partial charge in [-0.3, -0.25) is 4.79 Å². The Bertz CT molecular complexity index is 503. The number of hydrogen-bond acceptors (Lipinski definition) is 2. The van der Waals surface area contributed by atoms with Crippen LogP contribution in [0.5, 0.6) is 0 Å². The fraction of sp³-hybridized carbons (Fsp3) is 0.533. The number of rotatable bonds is 1. The molecule has 19 heavy (non-hydrogen) atoms. The van der Waals surface area contributed by atoms with Gasteiger partial charge >= 0.3 is 0 Å². The van der Waals surface area contributed by atoms with Crippen LogP contribution in [0.15, 0.2) is 22.7 Å². The van der Waals surface area contributed by atoms with E-state index in [-0.39, 0.29) is 5.91 Å². The molecule has 2 aliphatic rings. The second-order valence-corrected chi connectivity index (χ2v) is 6.41. The zero-order chi connectivity index (χ0) is 13.4. The molecule has 3 nitrogen and oxygen atoms in total. The van der Waals surface area contributed by atoms with E-state index in [1.54, 1.807) is 0 Å². The number of carbonyl (C=O) groups is 1. The Morgan fingerprint density at radius 1 is 1.32 bits per heavy atom. The summed E-state index contributed by atoms with van der Waals surface area (Å²) in [6.07, 6.45) is 3.54. The fourth-order valence-corrected chi connectivity index (χ4v) is 3.54. The molecule has 0 aromatic heterocycles. The second-order valence-electron chi connectivity index (χ2n) is 5.61. The molecule has 3 rings (SSSR count). The van der Waals surface area contributed by atoms with E-state index in [9.17, 15) is 4.79 Å². The Kier molecular flexibility index (Phi) is 3.63. The highest BCUT2D eigenvalue weighted by Crippen LogP contribution is 2.25. The zero-order valence-corrected chi connectivity index (χ0v) is 12.7. The third-order valence-corrected chi connectivity index (χ3v) is 5.29. The molecule has 1 aromatic carbocycles. The second kappa shape index (κ2) is 5.25. The van der Waals surface area contributed by atoms with Crippen molar-refractivity contribution in [1.82, 2.24) is 10.2 Å². The molecule has 1 N–H and O–H groups in total. The van der Waals surface area contributed by atoms with Crippen molar-refractivity contribution in [3.8, 4) is 0 Å². The molecule has 2 saturated heterocycles. The van der Waals surface area contributed by atoms with Crippen LogP contribution >= 0.6 is 15.9 Å². The minimum Gasteiger partial charge on any atom is -0.337 e. The molecule has 2 fully saturated rings. The van der Waals surface area contributed by atoms with Gasteiger partial charge in [-0.2, -0.15) is 0 Å². The monoisotopic (exact) mass is 322 g/mol. The normalized spacial score (nSPS) is 26.3. The molecule has 2 heterocycles. The van der Waals surface area contributed by atoms with Crippen LogP contribution in [-0.2, 0) is 0 Å². The number of carbonyl (C=O) groups excluding carboxylic acids is 1. The van der Waals surface area contributed by atoms with E-state index in [0.717, 1.165) is 35.1 Å². The van der Waals surface area contributed by atoms with Crippen LogP contribution < -0.4 is 5.32 Å². The Morgan fingerprint density at radius 3 is 2.95 bits per heavy atom. The molecule has 0 saturated carbocycles. The van der Waals surface area contributed by atoms with Crippen LogP contribution in [0.1, 0.15) is 35.2 Å². The molecule has 0 spiro atoms. The first-order valence-corrected chi connectivity index (χ1v) is 7.75.